The topological polar surface area (TPSA) is 118 Å². The fourth-order valence-corrected chi connectivity index (χ4v) is 4.92. The van der Waals surface area contributed by atoms with Crippen molar-refractivity contribution in [2.75, 3.05) is 18.2 Å². The molecule has 0 atom stereocenters. The third-order valence-corrected chi connectivity index (χ3v) is 7.39. The van der Waals surface area contributed by atoms with E-state index in [9.17, 15) is 18.0 Å². The number of halogens is 2. The zero-order chi connectivity index (χ0) is 22.6. The summed E-state index contributed by atoms with van der Waals surface area (Å²) < 4.78 is 31.4. The first kappa shape index (κ1) is 23.3. The van der Waals surface area contributed by atoms with Crippen molar-refractivity contribution in [2.45, 2.75) is 14.9 Å². The van der Waals surface area contributed by atoms with Crippen molar-refractivity contribution in [3.05, 3.63) is 68.5 Å². The Kier molecular flexibility index (Phi) is 7.42. The Morgan fingerprint density at radius 2 is 1.97 bits per heavy atom. The number of anilines is 1. The molecule has 1 amide bonds. The van der Waals surface area contributed by atoms with Gasteiger partial charge in [-0.3, -0.25) is 9.59 Å². The van der Waals surface area contributed by atoms with Gasteiger partial charge in [-0.25, -0.2) is 13.4 Å². The Balaban J connectivity index is 1.72. The van der Waals surface area contributed by atoms with Gasteiger partial charge in [0.15, 0.2) is 10.1 Å². The number of carbonyl (C=O) groups is 1. The molecule has 2 N–H and O–H groups in total. The third-order valence-electron chi connectivity index (χ3n) is 3.93. The van der Waals surface area contributed by atoms with E-state index >= 15 is 0 Å². The van der Waals surface area contributed by atoms with Crippen molar-refractivity contribution >= 4 is 60.7 Å². The molecule has 0 saturated heterocycles. The maximum absolute atomic E-state index is 12.8. The fourth-order valence-electron chi connectivity index (χ4n) is 2.44. The number of H-pyrrole nitrogens is 1. The first-order valence-corrected chi connectivity index (χ1v) is 12.2. The Morgan fingerprint density at radius 3 is 2.58 bits per heavy atom. The van der Waals surface area contributed by atoms with Crippen molar-refractivity contribution in [1.82, 2.24) is 9.97 Å². The molecule has 12 heteroatoms. The molecule has 31 heavy (non-hydrogen) atoms. The SMILES string of the molecule is COc1ccc(S(=O)(=O)c2cnc(SCC(=O)Nc3ccc(Br)cc3)[nH]c2=O)cc1Cl. The van der Waals surface area contributed by atoms with E-state index in [1.165, 1.54) is 25.3 Å². The van der Waals surface area contributed by atoms with Crippen LogP contribution >= 0.6 is 39.3 Å². The lowest BCUT2D eigenvalue weighted by Crippen LogP contribution is -2.20. The number of benzene rings is 2. The van der Waals surface area contributed by atoms with Gasteiger partial charge in [-0.15, -0.1) is 0 Å². The van der Waals surface area contributed by atoms with E-state index in [-0.39, 0.29) is 26.7 Å². The molecule has 3 rings (SSSR count). The number of nitrogens with zero attached hydrogens (tertiary/aromatic N) is 1. The molecule has 0 bridgehead atoms. The molecule has 0 aliphatic carbocycles. The smallest absolute Gasteiger partial charge is 0.270 e. The van der Waals surface area contributed by atoms with Crippen molar-refractivity contribution in [3.8, 4) is 5.75 Å². The zero-order valence-electron chi connectivity index (χ0n) is 15.9. The van der Waals surface area contributed by atoms with Crippen molar-refractivity contribution in [2.24, 2.45) is 0 Å². The normalized spacial score (nSPS) is 11.2. The van der Waals surface area contributed by atoms with Crippen LogP contribution in [0, 0.1) is 0 Å². The highest BCUT2D eigenvalue weighted by atomic mass is 79.9. The molecule has 0 radical (unpaired) electrons. The van der Waals surface area contributed by atoms with Gasteiger partial charge in [0, 0.05) is 10.2 Å². The quantitative estimate of drug-likeness (QED) is 0.343. The molecule has 0 spiro atoms. The molecule has 162 valence electrons. The highest BCUT2D eigenvalue weighted by Gasteiger charge is 2.23. The molecule has 1 aromatic heterocycles. The second-order valence-corrected chi connectivity index (χ2v) is 10.2. The first-order valence-electron chi connectivity index (χ1n) is 8.57. The van der Waals surface area contributed by atoms with E-state index < -0.39 is 20.3 Å². The Bertz CT molecular complexity index is 1280. The van der Waals surface area contributed by atoms with E-state index in [0.717, 1.165) is 22.4 Å². The lowest BCUT2D eigenvalue weighted by molar-refractivity contribution is -0.113. The number of nitrogens with one attached hydrogen (secondary N) is 2. The molecule has 0 fully saturated rings. The second-order valence-electron chi connectivity index (χ2n) is 6.03. The van der Waals surface area contributed by atoms with Crippen LogP contribution in [0.15, 0.2) is 72.9 Å². The molecular formula is C19H15BrClN3O5S2. The summed E-state index contributed by atoms with van der Waals surface area (Å²) in [4.78, 5) is 30.1. The largest absolute Gasteiger partial charge is 0.495 e. The predicted octanol–water partition coefficient (Wildman–Crippen LogP) is 3.76. The summed E-state index contributed by atoms with van der Waals surface area (Å²) >= 11 is 10.3. The molecule has 1 heterocycles. The van der Waals surface area contributed by atoms with Crippen LogP contribution in [0.5, 0.6) is 5.75 Å². The van der Waals surface area contributed by atoms with Crippen LogP contribution in [0.25, 0.3) is 0 Å². The number of ether oxygens (including phenoxy) is 1. The molecule has 0 saturated carbocycles. The summed E-state index contributed by atoms with van der Waals surface area (Å²) in [5, 5.41) is 2.91. The third kappa shape index (κ3) is 5.67. The van der Waals surface area contributed by atoms with Crippen LogP contribution < -0.4 is 15.6 Å². The molecule has 3 aromatic rings. The minimum Gasteiger partial charge on any atom is -0.495 e. The molecule has 8 nitrogen and oxygen atoms in total. The zero-order valence-corrected chi connectivity index (χ0v) is 19.9. The number of carbonyl (C=O) groups excluding carboxylic acids is 1. The van der Waals surface area contributed by atoms with Crippen LogP contribution in [0.1, 0.15) is 0 Å². The van der Waals surface area contributed by atoms with Gasteiger partial charge in [0.25, 0.3) is 5.56 Å². The number of hydrogen-bond donors (Lipinski definition) is 2. The summed E-state index contributed by atoms with van der Waals surface area (Å²) in [6.07, 6.45) is 0.960. The Labute approximate surface area is 195 Å². The Hall–Kier alpha value is -2.34. The van der Waals surface area contributed by atoms with Gasteiger partial charge in [0.1, 0.15) is 5.75 Å². The molecule has 0 unspecified atom stereocenters. The number of hydrogen-bond acceptors (Lipinski definition) is 7. The summed E-state index contributed by atoms with van der Waals surface area (Å²) in [5.74, 6) is -0.0283. The van der Waals surface area contributed by atoms with E-state index in [4.69, 9.17) is 16.3 Å². The summed E-state index contributed by atoms with van der Waals surface area (Å²) in [7, 11) is -2.75. The standard InChI is InChI=1S/C19H15BrClN3O5S2/c1-29-15-7-6-13(8-14(15)21)31(27,28)16-9-22-19(24-18(16)26)30-10-17(25)23-12-4-2-11(20)3-5-12/h2-9H,10H2,1H3,(H,23,25)(H,22,24,26). The predicted molar refractivity (Wildman–Crippen MR) is 122 cm³/mol. The monoisotopic (exact) mass is 543 g/mol. The summed E-state index contributed by atoms with van der Waals surface area (Å²) in [6, 6.07) is 10.9. The van der Waals surface area contributed by atoms with Gasteiger partial charge < -0.3 is 15.0 Å². The van der Waals surface area contributed by atoms with E-state index in [1.54, 1.807) is 24.3 Å². The van der Waals surface area contributed by atoms with Crippen LogP contribution in [0.4, 0.5) is 5.69 Å². The van der Waals surface area contributed by atoms with Crippen molar-refractivity contribution < 1.29 is 17.9 Å². The van der Waals surface area contributed by atoms with Crippen molar-refractivity contribution in [1.29, 1.82) is 0 Å². The first-order chi connectivity index (χ1) is 14.7. The average Bonchev–Trinajstić information content (AvgIpc) is 2.73. The fraction of sp³-hybridized carbons (Fsp3) is 0.105. The van der Waals surface area contributed by atoms with Gasteiger partial charge in [0.2, 0.25) is 15.7 Å². The number of aromatic nitrogens is 2. The minimum absolute atomic E-state index is 0.0286. The van der Waals surface area contributed by atoms with E-state index in [1.807, 2.05) is 0 Å². The highest BCUT2D eigenvalue weighted by Crippen LogP contribution is 2.29. The van der Waals surface area contributed by atoms with Gasteiger partial charge in [-0.1, -0.05) is 39.3 Å². The van der Waals surface area contributed by atoms with Gasteiger partial charge in [-0.2, -0.15) is 0 Å². The van der Waals surface area contributed by atoms with Crippen LogP contribution in [-0.4, -0.2) is 37.2 Å². The molecule has 2 aromatic carbocycles. The van der Waals surface area contributed by atoms with Gasteiger partial charge in [-0.05, 0) is 42.5 Å². The molecular weight excluding hydrogens is 530 g/mol. The number of aromatic amines is 1. The minimum atomic E-state index is -4.15. The maximum atomic E-state index is 12.8. The van der Waals surface area contributed by atoms with Crippen molar-refractivity contribution in [3.63, 3.8) is 0 Å². The lowest BCUT2D eigenvalue weighted by atomic mass is 10.3. The number of sulfone groups is 1. The number of methoxy groups -OCH3 is 1. The highest BCUT2D eigenvalue weighted by molar-refractivity contribution is 9.10. The van der Waals surface area contributed by atoms with Gasteiger partial charge in [0.05, 0.1) is 29.0 Å². The lowest BCUT2D eigenvalue weighted by Gasteiger charge is -2.08. The van der Waals surface area contributed by atoms with E-state index in [2.05, 4.69) is 31.2 Å². The van der Waals surface area contributed by atoms with Crippen LogP contribution in [0.2, 0.25) is 5.02 Å². The number of amides is 1. The average molecular weight is 545 g/mol. The second kappa shape index (κ2) is 9.86. The molecule has 0 aliphatic heterocycles. The van der Waals surface area contributed by atoms with Crippen LogP contribution in [0.3, 0.4) is 0 Å². The Morgan fingerprint density at radius 1 is 1.26 bits per heavy atom. The van der Waals surface area contributed by atoms with Gasteiger partial charge >= 0.3 is 0 Å². The molecule has 0 aliphatic rings. The number of rotatable bonds is 7. The van der Waals surface area contributed by atoms with Crippen LogP contribution in [-0.2, 0) is 14.6 Å². The maximum Gasteiger partial charge on any atom is 0.270 e. The van der Waals surface area contributed by atoms with E-state index in [0.29, 0.717) is 11.4 Å². The summed E-state index contributed by atoms with van der Waals surface area (Å²) in [5.41, 5.74) is -0.229. The number of thioether (sulfide) groups is 1. The summed E-state index contributed by atoms with van der Waals surface area (Å²) in [6.45, 7) is 0.